The number of ketones is 1. The number of benzene rings is 1. The molecule has 1 heterocycles. The molecule has 27 nitrogen and oxygen atoms in total. The zero-order valence-corrected chi connectivity index (χ0v) is 45.2. The lowest BCUT2D eigenvalue weighted by Crippen LogP contribution is -2.61. The lowest BCUT2D eigenvalue weighted by atomic mass is 9.93. The first kappa shape index (κ1) is 67.7. The van der Waals surface area contributed by atoms with Gasteiger partial charge in [0.05, 0.1) is 30.7 Å². The first-order chi connectivity index (χ1) is 37.2. The largest absolute Gasteiger partial charge is 0.481 e. The number of nitrogens with one attached hydrogen (secondary N) is 8. The van der Waals surface area contributed by atoms with Gasteiger partial charge in [-0.3, -0.25) is 48.6 Å². The van der Waals surface area contributed by atoms with Gasteiger partial charge < -0.3 is 92.5 Å². The number of nitrogens with two attached hydrogens (primary N) is 7. The zero-order valence-electron chi connectivity index (χ0n) is 45.2. The number of hydrogen-bond donors (Lipinski definition) is 17. The highest BCUT2D eigenvalue weighted by atomic mass is 16.4. The van der Waals surface area contributed by atoms with Crippen molar-refractivity contribution >= 4 is 59.1 Å². The SMILES string of the molecule is Cc1cccc(CC(NC(=O)[C@@H]2CCCN2C(=O)[C@@H](CCCN)NC(=O)CNC(=O)[C@H](CCCN)NC(=O)[C@@H](NC(=O)[C@@H](N)CCCCN)[C@@H](O)CN)C(=O)N[C@@H](CCCCN)C(=O)CCC(CCCNC(=N)N)C(=O)O)c1. The van der Waals surface area contributed by atoms with Crippen molar-refractivity contribution in [1.82, 2.24) is 42.1 Å². The van der Waals surface area contributed by atoms with Gasteiger partial charge in [0.15, 0.2) is 11.7 Å². The van der Waals surface area contributed by atoms with E-state index in [9.17, 15) is 53.4 Å². The van der Waals surface area contributed by atoms with Gasteiger partial charge in [-0.2, -0.15) is 0 Å². The number of unbranched alkanes of at least 4 members (excludes halogenated alkanes) is 2. The number of carboxylic acids is 1. The molecule has 2 unspecified atom stereocenters. The van der Waals surface area contributed by atoms with Gasteiger partial charge in [-0.05, 0) is 129 Å². The van der Waals surface area contributed by atoms with Crippen LogP contribution >= 0.6 is 0 Å². The molecule has 27 heteroatoms. The summed E-state index contributed by atoms with van der Waals surface area (Å²) < 4.78 is 0. The number of hydrogen-bond acceptors (Lipinski definition) is 17. The van der Waals surface area contributed by atoms with Crippen molar-refractivity contribution in [2.75, 3.05) is 52.4 Å². The summed E-state index contributed by atoms with van der Waals surface area (Å²) in [6.07, 6.45) is 2.78. The molecule has 9 atom stereocenters. The standard InChI is InChI=1S/C51H90N16O11/c1-31-11-6-12-32(27-31)28-38(46(73)63-35(15-3-5-22-53)40(68)20-19-33(50(77)78)13-9-25-60-51(58)59)65-47(74)39-18-10-26-67(39)49(76)37(17-8-24-55)62-42(70)30-61-45(72)36(16-7-23-54)64-48(75)43(41(69)29-56)66-44(71)34(57)14-2-4-21-52/h6,11-12,27,33-39,41,43,69H,2-5,7-10,13-26,28-30,52-57H2,1H3,(H,61,72)(H,62,70)(H,63,73)(H,64,75)(H,65,74)(H,66,71)(H,77,78)(H4,58,59,60)/t33?,34-,35-,36-,37+,38?,39-,41-,43-/m0/s1. The molecule has 0 aliphatic carbocycles. The number of amides is 7. The second-order valence-corrected chi connectivity index (χ2v) is 19.8. The number of aryl methyl sites for hydroxylation is 1. The number of rotatable bonds is 40. The van der Waals surface area contributed by atoms with Crippen LogP contribution in [0.15, 0.2) is 24.3 Å². The molecule has 1 aliphatic heterocycles. The Morgan fingerprint density at radius 2 is 1.32 bits per heavy atom. The van der Waals surface area contributed by atoms with E-state index >= 15 is 0 Å². The number of aliphatic hydroxyl groups excluding tert-OH is 1. The van der Waals surface area contributed by atoms with Gasteiger partial charge in [0.25, 0.3) is 0 Å². The van der Waals surface area contributed by atoms with Crippen LogP contribution in [-0.2, 0) is 49.6 Å². The number of aliphatic carboxylic acids is 1. The fourth-order valence-electron chi connectivity index (χ4n) is 8.93. The van der Waals surface area contributed by atoms with Crippen LogP contribution in [0.2, 0.25) is 0 Å². The minimum Gasteiger partial charge on any atom is -0.481 e. The molecule has 2 rings (SSSR count). The summed E-state index contributed by atoms with van der Waals surface area (Å²) in [4.78, 5) is 124. The Labute approximate surface area is 457 Å². The Morgan fingerprint density at radius 3 is 1.94 bits per heavy atom. The summed E-state index contributed by atoms with van der Waals surface area (Å²) >= 11 is 0. The molecular weight excluding hydrogens is 1010 g/mol. The fraction of sp³-hybridized carbons (Fsp3) is 0.686. The van der Waals surface area contributed by atoms with E-state index in [2.05, 4.69) is 37.2 Å². The van der Waals surface area contributed by atoms with E-state index in [0.29, 0.717) is 57.2 Å². The topological polar surface area (TPSA) is 488 Å². The van der Waals surface area contributed by atoms with Crippen molar-refractivity contribution in [3.05, 3.63) is 35.4 Å². The van der Waals surface area contributed by atoms with Gasteiger partial charge in [0, 0.05) is 32.5 Å². The van der Waals surface area contributed by atoms with Gasteiger partial charge in [-0.25, -0.2) is 0 Å². The lowest BCUT2D eigenvalue weighted by Gasteiger charge is -2.30. The maximum Gasteiger partial charge on any atom is 0.306 e. The molecule has 78 heavy (non-hydrogen) atoms. The maximum absolute atomic E-state index is 14.4. The van der Waals surface area contributed by atoms with Crippen LogP contribution in [0.5, 0.6) is 0 Å². The molecule has 1 aromatic carbocycles. The third-order valence-electron chi connectivity index (χ3n) is 13.4. The Bertz CT molecular complexity index is 2100. The van der Waals surface area contributed by atoms with Crippen molar-refractivity contribution < 1.29 is 53.4 Å². The third kappa shape index (κ3) is 25.0. The van der Waals surface area contributed by atoms with Crippen LogP contribution in [0.4, 0.5) is 0 Å². The molecule has 0 aromatic heterocycles. The van der Waals surface area contributed by atoms with Crippen LogP contribution in [0.1, 0.15) is 114 Å². The van der Waals surface area contributed by atoms with Crippen LogP contribution < -0.4 is 77.4 Å². The van der Waals surface area contributed by atoms with Crippen molar-refractivity contribution in [2.45, 2.75) is 164 Å². The number of carbonyl (C=O) groups is 9. The fourth-order valence-corrected chi connectivity index (χ4v) is 8.93. The van der Waals surface area contributed by atoms with Crippen molar-refractivity contribution in [2.24, 2.45) is 46.1 Å². The molecule has 7 amide bonds. The van der Waals surface area contributed by atoms with Gasteiger partial charge in [-0.15, -0.1) is 0 Å². The highest BCUT2D eigenvalue weighted by molar-refractivity contribution is 5.97. The second kappa shape index (κ2) is 37.5. The first-order valence-corrected chi connectivity index (χ1v) is 27.1. The van der Waals surface area contributed by atoms with E-state index in [0.717, 1.165) is 5.56 Å². The molecule has 1 saturated heterocycles. The second-order valence-electron chi connectivity index (χ2n) is 19.8. The molecular formula is C51H90N16O11. The smallest absolute Gasteiger partial charge is 0.306 e. The van der Waals surface area contributed by atoms with Crippen molar-refractivity contribution in [3.63, 3.8) is 0 Å². The highest BCUT2D eigenvalue weighted by Gasteiger charge is 2.40. The molecule has 0 saturated carbocycles. The molecule has 440 valence electrons. The summed E-state index contributed by atoms with van der Waals surface area (Å²) in [5, 5.41) is 46.1. The molecule has 1 fully saturated rings. The van der Waals surface area contributed by atoms with E-state index < -0.39 is 121 Å². The normalized spacial score (nSPS) is 16.2. The predicted octanol–water partition coefficient (Wildman–Crippen LogP) is -4.24. The quantitative estimate of drug-likeness (QED) is 0.0168. The highest BCUT2D eigenvalue weighted by Crippen LogP contribution is 2.21. The summed E-state index contributed by atoms with van der Waals surface area (Å²) in [7, 11) is 0. The summed E-state index contributed by atoms with van der Waals surface area (Å²) in [6, 6.07) is -1.14. The van der Waals surface area contributed by atoms with Crippen LogP contribution in [0.25, 0.3) is 0 Å². The monoisotopic (exact) mass is 1100 g/mol. The third-order valence-corrected chi connectivity index (χ3v) is 13.4. The van der Waals surface area contributed by atoms with E-state index in [1.54, 1.807) is 12.1 Å². The lowest BCUT2D eigenvalue weighted by molar-refractivity contribution is -0.143. The average Bonchev–Trinajstić information content (AvgIpc) is 3.91. The summed E-state index contributed by atoms with van der Waals surface area (Å²) in [5.74, 6) is -7.81. The number of carbonyl (C=O) groups excluding carboxylic acids is 8. The molecule has 0 radical (unpaired) electrons. The van der Waals surface area contributed by atoms with E-state index in [1.807, 2.05) is 19.1 Å². The minimum absolute atomic E-state index is 0.00262. The Kier molecular flexibility index (Phi) is 32.5. The van der Waals surface area contributed by atoms with Gasteiger partial charge >= 0.3 is 5.97 Å². The number of nitrogens with zero attached hydrogens (tertiary/aromatic N) is 1. The number of aliphatic hydroxyl groups is 1. The van der Waals surface area contributed by atoms with Crippen molar-refractivity contribution in [3.8, 4) is 0 Å². The number of likely N-dealkylation sites (tertiary alicyclic amines) is 1. The van der Waals surface area contributed by atoms with Crippen LogP contribution in [0, 0.1) is 18.3 Å². The Morgan fingerprint density at radius 1 is 0.692 bits per heavy atom. The van der Waals surface area contributed by atoms with E-state index in [4.69, 9.17) is 45.5 Å². The zero-order chi connectivity index (χ0) is 58.2. The molecule has 1 aromatic rings. The Balaban J connectivity index is 2.28. The minimum atomic E-state index is -1.58. The van der Waals surface area contributed by atoms with Gasteiger partial charge in [0.2, 0.25) is 41.4 Å². The molecule has 1 aliphatic rings. The Hall–Kier alpha value is -6.36. The summed E-state index contributed by atoms with van der Waals surface area (Å²) in [6.45, 7) is 2.20. The molecule has 0 bridgehead atoms. The summed E-state index contributed by atoms with van der Waals surface area (Å²) in [5.41, 5.74) is 41.3. The van der Waals surface area contributed by atoms with Crippen LogP contribution in [0.3, 0.4) is 0 Å². The van der Waals surface area contributed by atoms with Gasteiger partial charge in [0.1, 0.15) is 30.2 Å². The number of guanidine groups is 1. The van der Waals surface area contributed by atoms with Crippen molar-refractivity contribution in [1.29, 1.82) is 5.41 Å². The van der Waals surface area contributed by atoms with Crippen LogP contribution in [-0.4, -0.2) is 175 Å². The first-order valence-electron chi connectivity index (χ1n) is 27.1. The number of Topliss-reactive ketones (excluding diaryl/α,β-unsaturated/α-hetero) is 1. The maximum atomic E-state index is 14.4. The average molecular weight is 1100 g/mol. The van der Waals surface area contributed by atoms with Gasteiger partial charge in [-0.1, -0.05) is 36.2 Å². The number of carboxylic acid groups (broad SMARTS) is 1. The van der Waals surface area contributed by atoms with E-state index in [-0.39, 0.29) is 103 Å². The molecule has 0 spiro atoms. The predicted molar refractivity (Wildman–Crippen MR) is 292 cm³/mol. The molecule has 24 N–H and O–H groups in total. The van der Waals surface area contributed by atoms with E-state index in [1.165, 1.54) is 4.90 Å².